The number of para-hydroxylation sites is 1. The van der Waals surface area contributed by atoms with Crippen LogP contribution in [0.4, 0.5) is 0 Å². The first-order chi connectivity index (χ1) is 11.6. The van der Waals surface area contributed by atoms with Crippen LogP contribution in [0.25, 0.3) is 0 Å². The molecule has 2 amide bonds. The van der Waals surface area contributed by atoms with Crippen molar-refractivity contribution < 1.29 is 18.7 Å². The summed E-state index contributed by atoms with van der Waals surface area (Å²) in [6.45, 7) is 2.85. The van der Waals surface area contributed by atoms with Gasteiger partial charge in [-0.2, -0.15) is 0 Å². The maximum atomic E-state index is 12.6. The third-order valence-electron chi connectivity index (χ3n) is 4.36. The molecule has 6 nitrogen and oxygen atoms in total. The molecule has 2 aromatic rings. The Hall–Kier alpha value is -2.76. The van der Waals surface area contributed by atoms with E-state index in [1.54, 1.807) is 11.0 Å². The van der Waals surface area contributed by atoms with Gasteiger partial charge in [0.05, 0.1) is 18.8 Å². The number of aryl methyl sites for hydroxylation is 1. The van der Waals surface area contributed by atoms with E-state index in [0.717, 1.165) is 11.3 Å². The summed E-state index contributed by atoms with van der Waals surface area (Å²) in [7, 11) is 0. The maximum absolute atomic E-state index is 12.6. The zero-order valence-electron chi connectivity index (χ0n) is 13.5. The first-order valence-electron chi connectivity index (χ1n) is 7.87. The van der Waals surface area contributed by atoms with Crippen molar-refractivity contribution in [1.82, 2.24) is 4.90 Å². The van der Waals surface area contributed by atoms with Crippen LogP contribution < -0.4 is 10.5 Å². The van der Waals surface area contributed by atoms with Gasteiger partial charge in [0.15, 0.2) is 5.76 Å². The van der Waals surface area contributed by atoms with Crippen LogP contribution in [0.2, 0.25) is 0 Å². The summed E-state index contributed by atoms with van der Waals surface area (Å²) < 4.78 is 11.0. The third-order valence-corrected chi connectivity index (χ3v) is 4.36. The van der Waals surface area contributed by atoms with Crippen molar-refractivity contribution in [3.8, 4) is 5.75 Å². The van der Waals surface area contributed by atoms with E-state index in [1.165, 1.54) is 6.26 Å². The van der Waals surface area contributed by atoms with Crippen LogP contribution in [0.5, 0.6) is 5.75 Å². The second-order valence-corrected chi connectivity index (χ2v) is 6.04. The summed E-state index contributed by atoms with van der Waals surface area (Å²) >= 11 is 0. The fourth-order valence-corrected chi connectivity index (χ4v) is 2.98. The van der Waals surface area contributed by atoms with Crippen LogP contribution in [0.3, 0.4) is 0 Å². The van der Waals surface area contributed by atoms with Crippen LogP contribution in [-0.4, -0.2) is 36.4 Å². The number of benzene rings is 1. The molecule has 6 heteroatoms. The summed E-state index contributed by atoms with van der Waals surface area (Å²) in [6, 6.07) is 11.1. The Labute approximate surface area is 140 Å². The number of furan rings is 1. The van der Waals surface area contributed by atoms with Crippen molar-refractivity contribution in [2.45, 2.75) is 6.92 Å². The maximum Gasteiger partial charge on any atom is 0.289 e. The number of hydrogen-bond acceptors (Lipinski definition) is 4. The van der Waals surface area contributed by atoms with Crippen LogP contribution in [0.15, 0.2) is 47.1 Å². The summed E-state index contributed by atoms with van der Waals surface area (Å²) in [5.41, 5.74) is 6.29. The smallest absolute Gasteiger partial charge is 0.289 e. The van der Waals surface area contributed by atoms with E-state index in [1.807, 2.05) is 37.3 Å². The highest BCUT2D eigenvalue weighted by Crippen LogP contribution is 2.26. The van der Waals surface area contributed by atoms with E-state index in [-0.39, 0.29) is 18.4 Å². The number of nitrogens with two attached hydrogens (primary N) is 1. The summed E-state index contributed by atoms with van der Waals surface area (Å²) in [4.78, 5) is 25.9. The molecular weight excluding hydrogens is 308 g/mol. The summed E-state index contributed by atoms with van der Waals surface area (Å²) in [6.07, 6.45) is 1.49. The van der Waals surface area contributed by atoms with Gasteiger partial charge >= 0.3 is 0 Å². The quantitative estimate of drug-likeness (QED) is 0.907. The van der Waals surface area contributed by atoms with E-state index in [0.29, 0.717) is 18.9 Å². The zero-order valence-corrected chi connectivity index (χ0v) is 13.5. The molecule has 3 rings (SSSR count). The lowest BCUT2D eigenvalue weighted by Gasteiger charge is -2.16. The van der Waals surface area contributed by atoms with E-state index in [2.05, 4.69) is 0 Å². The van der Waals surface area contributed by atoms with E-state index >= 15 is 0 Å². The molecule has 2 N–H and O–H groups in total. The van der Waals surface area contributed by atoms with Crippen LogP contribution in [0.1, 0.15) is 16.1 Å². The number of ether oxygens (including phenoxy) is 1. The molecule has 1 aliphatic heterocycles. The number of amides is 2. The highest BCUT2D eigenvalue weighted by atomic mass is 16.5. The Morgan fingerprint density at radius 2 is 2.00 bits per heavy atom. The monoisotopic (exact) mass is 328 g/mol. The van der Waals surface area contributed by atoms with Gasteiger partial charge < -0.3 is 19.8 Å². The summed E-state index contributed by atoms with van der Waals surface area (Å²) in [5, 5.41) is 0. The van der Waals surface area contributed by atoms with Gasteiger partial charge in [0.1, 0.15) is 5.75 Å². The first kappa shape index (κ1) is 16.1. The molecule has 1 saturated heterocycles. The molecule has 0 unspecified atom stereocenters. The van der Waals surface area contributed by atoms with Crippen LogP contribution in [0, 0.1) is 18.8 Å². The molecule has 1 aliphatic rings. The number of likely N-dealkylation sites (tertiary alicyclic amines) is 1. The van der Waals surface area contributed by atoms with E-state index < -0.39 is 11.8 Å². The van der Waals surface area contributed by atoms with Crippen LogP contribution in [-0.2, 0) is 4.79 Å². The molecule has 0 radical (unpaired) electrons. The molecule has 0 saturated carbocycles. The number of hydrogen-bond donors (Lipinski definition) is 1. The first-order valence-corrected chi connectivity index (χ1v) is 7.87. The average molecular weight is 328 g/mol. The molecule has 0 aliphatic carbocycles. The van der Waals surface area contributed by atoms with Gasteiger partial charge in [-0.3, -0.25) is 9.59 Å². The van der Waals surface area contributed by atoms with Crippen LogP contribution >= 0.6 is 0 Å². The molecule has 126 valence electrons. The summed E-state index contributed by atoms with van der Waals surface area (Å²) in [5.74, 6) is -0.154. The van der Waals surface area contributed by atoms with Gasteiger partial charge in [-0.05, 0) is 25.1 Å². The normalized spacial score (nSPS) is 20.1. The molecule has 24 heavy (non-hydrogen) atoms. The minimum atomic E-state index is -0.423. The predicted molar refractivity (Wildman–Crippen MR) is 87.5 cm³/mol. The van der Waals surface area contributed by atoms with Crippen molar-refractivity contribution in [2.75, 3.05) is 19.7 Å². The molecule has 1 aromatic heterocycles. The second-order valence-electron chi connectivity index (χ2n) is 6.04. The molecule has 1 aromatic carbocycles. The molecule has 0 spiro atoms. The van der Waals surface area contributed by atoms with Crippen molar-refractivity contribution in [1.29, 1.82) is 0 Å². The van der Waals surface area contributed by atoms with Crippen molar-refractivity contribution in [3.63, 3.8) is 0 Å². The number of primary amides is 1. The lowest BCUT2D eigenvalue weighted by Crippen LogP contribution is -2.32. The van der Waals surface area contributed by atoms with Gasteiger partial charge in [0, 0.05) is 24.6 Å². The number of nitrogens with zero attached hydrogens (tertiary/aromatic N) is 1. The molecular formula is C18H20N2O4. The lowest BCUT2D eigenvalue weighted by atomic mass is 9.96. The highest BCUT2D eigenvalue weighted by molar-refractivity contribution is 5.93. The van der Waals surface area contributed by atoms with Gasteiger partial charge in [-0.15, -0.1) is 0 Å². The predicted octanol–water partition coefficient (Wildman–Crippen LogP) is 1.84. The Bertz CT molecular complexity index is 726. The Morgan fingerprint density at radius 1 is 1.25 bits per heavy atom. The fraction of sp³-hybridized carbons (Fsp3) is 0.333. The van der Waals surface area contributed by atoms with Crippen molar-refractivity contribution >= 4 is 11.8 Å². The van der Waals surface area contributed by atoms with Gasteiger partial charge in [-0.25, -0.2) is 0 Å². The molecule has 0 bridgehead atoms. The Morgan fingerprint density at radius 3 is 2.62 bits per heavy atom. The average Bonchev–Trinajstić information content (AvgIpc) is 3.19. The minimum absolute atomic E-state index is 0.137. The van der Waals surface area contributed by atoms with Crippen molar-refractivity contribution in [2.24, 2.45) is 17.6 Å². The van der Waals surface area contributed by atoms with E-state index in [4.69, 9.17) is 14.9 Å². The molecule has 1 fully saturated rings. The van der Waals surface area contributed by atoms with Gasteiger partial charge in [0.25, 0.3) is 5.91 Å². The lowest BCUT2D eigenvalue weighted by molar-refractivity contribution is -0.122. The fourth-order valence-electron chi connectivity index (χ4n) is 2.98. The number of carbonyl (C=O) groups is 2. The molecule has 2 heterocycles. The second kappa shape index (κ2) is 6.78. The minimum Gasteiger partial charge on any atom is -0.493 e. The van der Waals surface area contributed by atoms with Crippen molar-refractivity contribution in [3.05, 3.63) is 54.0 Å². The standard InChI is InChI=1S/C18H20N2O4/c1-12-7-8-23-16(12)18(22)20-9-13(15(10-20)17(19)21)11-24-14-5-3-2-4-6-14/h2-8,13,15H,9-11H2,1H3,(H2,19,21)/t13-,15+/m0/s1. The van der Waals surface area contributed by atoms with E-state index in [9.17, 15) is 9.59 Å². The third kappa shape index (κ3) is 3.27. The highest BCUT2D eigenvalue weighted by Gasteiger charge is 2.40. The zero-order chi connectivity index (χ0) is 17.1. The van der Waals surface area contributed by atoms with Gasteiger partial charge in [0.2, 0.25) is 5.91 Å². The SMILES string of the molecule is Cc1ccoc1C(=O)N1C[C@@H](COc2ccccc2)[C@H](C(N)=O)C1. The Balaban J connectivity index is 1.69. The number of rotatable bonds is 5. The topological polar surface area (TPSA) is 85.8 Å². The number of carbonyl (C=O) groups excluding carboxylic acids is 2. The molecule has 2 atom stereocenters. The Kier molecular flexibility index (Phi) is 4.55. The largest absolute Gasteiger partial charge is 0.493 e. The van der Waals surface area contributed by atoms with Gasteiger partial charge in [-0.1, -0.05) is 18.2 Å².